The third-order valence-electron chi connectivity index (χ3n) is 2.83. The highest BCUT2D eigenvalue weighted by molar-refractivity contribution is 5.81. The molecule has 1 amide bonds. The van der Waals surface area contributed by atoms with Crippen molar-refractivity contribution in [3.63, 3.8) is 0 Å². The summed E-state index contributed by atoms with van der Waals surface area (Å²) in [4.78, 5) is 13.7. The molecule has 1 aliphatic rings. The van der Waals surface area contributed by atoms with Crippen LogP contribution < -0.4 is 10.6 Å². The largest absolute Gasteiger partial charge is 0.355 e. The van der Waals surface area contributed by atoms with Crippen molar-refractivity contribution in [2.75, 3.05) is 26.7 Å². The van der Waals surface area contributed by atoms with E-state index in [0.29, 0.717) is 6.54 Å². The fourth-order valence-corrected chi connectivity index (χ4v) is 1.58. The van der Waals surface area contributed by atoms with E-state index in [-0.39, 0.29) is 11.9 Å². The van der Waals surface area contributed by atoms with E-state index in [1.165, 1.54) is 12.8 Å². The predicted molar refractivity (Wildman–Crippen MR) is 61.8 cm³/mol. The Hall–Kier alpha value is -0.610. The Morgan fingerprint density at radius 3 is 2.73 bits per heavy atom. The average molecular weight is 213 g/mol. The number of nitrogens with one attached hydrogen (secondary N) is 2. The van der Waals surface area contributed by atoms with Gasteiger partial charge in [0.1, 0.15) is 0 Å². The molecule has 0 bridgehead atoms. The van der Waals surface area contributed by atoms with Crippen LogP contribution >= 0.6 is 0 Å². The highest BCUT2D eigenvalue weighted by atomic mass is 16.2. The average Bonchev–Trinajstić information content (AvgIpc) is 3.00. The fourth-order valence-electron chi connectivity index (χ4n) is 1.58. The van der Waals surface area contributed by atoms with Crippen LogP contribution in [0.4, 0.5) is 0 Å². The lowest BCUT2D eigenvalue weighted by molar-refractivity contribution is -0.122. The summed E-state index contributed by atoms with van der Waals surface area (Å²) >= 11 is 0. The summed E-state index contributed by atoms with van der Waals surface area (Å²) in [7, 11) is 2.15. The highest BCUT2D eigenvalue weighted by Gasteiger charge is 2.25. The maximum Gasteiger partial charge on any atom is 0.236 e. The van der Waals surface area contributed by atoms with Gasteiger partial charge in [0.2, 0.25) is 5.91 Å². The van der Waals surface area contributed by atoms with Crippen LogP contribution in [-0.4, -0.2) is 49.6 Å². The summed E-state index contributed by atoms with van der Waals surface area (Å²) < 4.78 is 0. The van der Waals surface area contributed by atoms with Crippen LogP contribution in [0.25, 0.3) is 0 Å². The predicted octanol–water partition coefficient (Wildman–Crippen LogP) is 0.195. The monoisotopic (exact) mass is 213 g/mol. The van der Waals surface area contributed by atoms with Gasteiger partial charge in [0.15, 0.2) is 0 Å². The van der Waals surface area contributed by atoms with Crippen molar-refractivity contribution < 1.29 is 4.79 Å². The zero-order chi connectivity index (χ0) is 11.3. The molecule has 0 aromatic carbocycles. The molecule has 2 N–H and O–H groups in total. The Kier molecular flexibility index (Phi) is 5.05. The SMILES string of the molecule is CCNC(=O)C(C)NCCN(C)C1CC1. The maximum absolute atomic E-state index is 11.4. The summed E-state index contributed by atoms with van der Waals surface area (Å²) in [6.07, 6.45) is 2.67. The Labute approximate surface area is 92.4 Å². The molecule has 1 aliphatic carbocycles. The molecule has 0 saturated heterocycles. The number of carbonyl (C=O) groups excluding carboxylic acids is 1. The number of nitrogens with zero attached hydrogens (tertiary/aromatic N) is 1. The van der Waals surface area contributed by atoms with E-state index < -0.39 is 0 Å². The molecule has 0 aromatic rings. The van der Waals surface area contributed by atoms with Crippen molar-refractivity contribution in [2.45, 2.75) is 38.8 Å². The van der Waals surface area contributed by atoms with E-state index in [4.69, 9.17) is 0 Å². The number of likely N-dealkylation sites (N-methyl/N-ethyl adjacent to an activating group) is 2. The first-order chi connectivity index (χ1) is 7.15. The van der Waals surface area contributed by atoms with Gasteiger partial charge in [-0.05, 0) is 33.7 Å². The Morgan fingerprint density at radius 2 is 2.20 bits per heavy atom. The van der Waals surface area contributed by atoms with Gasteiger partial charge in [0.05, 0.1) is 6.04 Å². The third kappa shape index (κ3) is 4.62. The van der Waals surface area contributed by atoms with Gasteiger partial charge in [0, 0.05) is 25.7 Å². The van der Waals surface area contributed by atoms with Crippen molar-refractivity contribution in [2.24, 2.45) is 0 Å². The lowest BCUT2D eigenvalue weighted by Crippen LogP contribution is -2.44. The van der Waals surface area contributed by atoms with Gasteiger partial charge < -0.3 is 15.5 Å². The van der Waals surface area contributed by atoms with Crippen LogP contribution in [0.2, 0.25) is 0 Å². The number of amides is 1. The first-order valence-electron chi connectivity index (χ1n) is 5.86. The zero-order valence-corrected chi connectivity index (χ0v) is 10.0. The van der Waals surface area contributed by atoms with E-state index in [2.05, 4.69) is 22.6 Å². The molecule has 1 saturated carbocycles. The minimum Gasteiger partial charge on any atom is -0.355 e. The van der Waals surface area contributed by atoms with Gasteiger partial charge in [-0.3, -0.25) is 4.79 Å². The van der Waals surface area contributed by atoms with Gasteiger partial charge in [-0.1, -0.05) is 0 Å². The van der Waals surface area contributed by atoms with E-state index in [9.17, 15) is 4.79 Å². The Bertz CT molecular complexity index is 204. The van der Waals surface area contributed by atoms with Crippen molar-refractivity contribution in [3.05, 3.63) is 0 Å². The molecule has 4 nitrogen and oxygen atoms in total. The van der Waals surface area contributed by atoms with Gasteiger partial charge >= 0.3 is 0 Å². The first-order valence-corrected chi connectivity index (χ1v) is 5.86. The summed E-state index contributed by atoms with van der Waals surface area (Å²) in [5, 5.41) is 6.03. The van der Waals surface area contributed by atoms with Crippen LogP contribution in [0.1, 0.15) is 26.7 Å². The smallest absolute Gasteiger partial charge is 0.236 e. The molecule has 1 rings (SSSR count). The molecular weight excluding hydrogens is 190 g/mol. The third-order valence-corrected chi connectivity index (χ3v) is 2.83. The van der Waals surface area contributed by atoms with Crippen LogP contribution in [0.5, 0.6) is 0 Å². The topological polar surface area (TPSA) is 44.4 Å². The molecule has 88 valence electrons. The molecule has 0 spiro atoms. The van der Waals surface area contributed by atoms with E-state index in [1.54, 1.807) is 0 Å². The second-order valence-electron chi connectivity index (χ2n) is 4.28. The van der Waals surface area contributed by atoms with E-state index >= 15 is 0 Å². The molecule has 1 unspecified atom stereocenters. The van der Waals surface area contributed by atoms with Crippen molar-refractivity contribution in [1.82, 2.24) is 15.5 Å². The van der Waals surface area contributed by atoms with E-state index in [1.807, 2.05) is 13.8 Å². The minimum atomic E-state index is -0.0856. The lowest BCUT2D eigenvalue weighted by Gasteiger charge is -2.18. The molecule has 0 heterocycles. The molecule has 1 fully saturated rings. The number of carbonyl (C=O) groups is 1. The summed E-state index contributed by atoms with van der Waals surface area (Å²) in [5.41, 5.74) is 0. The summed E-state index contributed by atoms with van der Waals surface area (Å²) in [6.45, 7) is 6.44. The highest BCUT2D eigenvalue weighted by Crippen LogP contribution is 2.24. The van der Waals surface area contributed by atoms with Gasteiger partial charge in [-0.2, -0.15) is 0 Å². The normalized spacial score (nSPS) is 17.9. The molecule has 15 heavy (non-hydrogen) atoms. The first kappa shape index (κ1) is 12.5. The maximum atomic E-state index is 11.4. The van der Waals surface area contributed by atoms with Crippen LogP contribution in [0, 0.1) is 0 Å². The zero-order valence-electron chi connectivity index (χ0n) is 10.0. The summed E-state index contributed by atoms with van der Waals surface area (Å²) in [6, 6.07) is 0.712. The van der Waals surface area contributed by atoms with E-state index in [0.717, 1.165) is 19.1 Å². The lowest BCUT2D eigenvalue weighted by atomic mass is 10.3. The van der Waals surface area contributed by atoms with Crippen LogP contribution in [-0.2, 0) is 4.79 Å². The standard InChI is InChI=1S/C11H23N3O/c1-4-12-11(15)9(2)13-7-8-14(3)10-5-6-10/h9-10,13H,4-8H2,1-3H3,(H,12,15). The molecular formula is C11H23N3O. The van der Waals surface area contributed by atoms with Gasteiger partial charge in [0.25, 0.3) is 0 Å². The second kappa shape index (κ2) is 6.08. The van der Waals surface area contributed by atoms with Crippen molar-refractivity contribution in [1.29, 1.82) is 0 Å². The van der Waals surface area contributed by atoms with Crippen molar-refractivity contribution >= 4 is 5.91 Å². The summed E-state index contributed by atoms with van der Waals surface area (Å²) in [5.74, 6) is 0.0894. The second-order valence-corrected chi connectivity index (χ2v) is 4.28. The van der Waals surface area contributed by atoms with Crippen molar-refractivity contribution in [3.8, 4) is 0 Å². The Morgan fingerprint density at radius 1 is 1.53 bits per heavy atom. The fraction of sp³-hybridized carbons (Fsp3) is 0.909. The molecule has 0 radical (unpaired) electrons. The number of hydrogen-bond donors (Lipinski definition) is 2. The quantitative estimate of drug-likeness (QED) is 0.635. The molecule has 1 atom stereocenters. The van der Waals surface area contributed by atoms with Crippen LogP contribution in [0.15, 0.2) is 0 Å². The minimum absolute atomic E-state index is 0.0856. The van der Waals surface area contributed by atoms with Crippen LogP contribution in [0.3, 0.4) is 0 Å². The van der Waals surface area contributed by atoms with Gasteiger partial charge in [-0.15, -0.1) is 0 Å². The Balaban J connectivity index is 2.05. The van der Waals surface area contributed by atoms with Gasteiger partial charge in [-0.25, -0.2) is 0 Å². The molecule has 0 aliphatic heterocycles. The number of hydrogen-bond acceptors (Lipinski definition) is 3. The number of rotatable bonds is 7. The molecule has 4 heteroatoms. The molecule has 0 aromatic heterocycles.